The van der Waals surface area contributed by atoms with E-state index >= 15 is 0 Å². The van der Waals surface area contributed by atoms with E-state index in [2.05, 4.69) is 6.92 Å². The van der Waals surface area contributed by atoms with E-state index in [1.54, 1.807) is 12.1 Å². The van der Waals surface area contributed by atoms with Gasteiger partial charge in [-0.15, -0.1) is 0 Å². The summed E-state index contributed by atoms with van der Waals surface area (Å²) < 4.78 is 11.3. The SMILES string of the molecule is CC1CCC(C(=O)Oc2ccc(OCc3ccccc3)cc2)CC1. The molecule has 0 unspecified atom stereocenters. The molecule has 3 nitrogen and oxygen atoms in total. The van der Waals surface area contributed by atoms with Gasteiger partial charge in [-0.2, -0.15) is 0 Å². The van der Waals surface area contributed by atoms with Crippen molar-refractivity contribution in [3.63, 3.8) is 0 Å². The Morgan fingerprint density at radius 2 is 1.54 bits per heavy atom. The molecule has 0 amide bonds. The number of benzene rings is 2. The molecule has 1 aliphatic rings. The number of esters is 1. The molecule has 2 aromatic carbocycles. The lowest BCUT2D eigenvalue weighted by atomic mass is 9.83. The van der Waals surface area contributed by atoms with Crippen molar-refractivity contribution in [2.45, 2.75) is 39.2 Å². The van der Waals surface area contributed by atoms with E-state index in [9.17, 15) is 4.79 Å². The normalized spacial score (nSPS) is 20.4. The van der Waals surface area contributed by atoms with Gasteiger partial charge in [-0.1, -0.05) is 37.3 Å². The smallest absolute Gasteiger partial charge is 0.314 e. The molecular weight excluding hydrogens is 300 g/mol. The van der Waals surface area contributed by atoms with E-state index in [-0.39, 0.29) is 11.9 Å². The van der Waals surface area contributed by atoms with Crippen LogP contribution in [0.3, 0.4) is 0 Å². The van der Waals surface area contributed by atoms with Crippen LogP contribution in [-0.2, 0) is 11.4 Å². The number of carbonyl (C=O) groups excluding carboxylic acids is 1. The van der Waals surface area contributed by atoms with E-state index in [0.717, 1.165) is 42.9 Å². The third-order valence-electron chi connectivity index (χ3n) is 4.64. The molecule has 0 radical (unpaired) electrons. The summed E-state index contributed by atoms with van der Waals surface area (Å²) in [5, 5.41) is 0. The number of ether oxygens (including phenoxy) is 2. The van der Waals surface area contributed by atoms with Crippen molar-refractivity contribution in [3.8, 4) is 11.5 Å². The predicted molar refractivity (Wildman–Crippen MR) is 94.0 cm³/mol. The Morgan fingerprint density at radius 3 is 2.21 bits per heavy atom. The van der Waals surface area contributed by atoms with Crippen LogP contribution in [-0.4, -0.2) is 5.97 Å². The largest absolute Gasteiger partial charge is 0.489 e. The van der Waals surface area contributed by atoms with Crippen LogP contribution in [0.4, 0.5) is 0 Å². The van der Waals surface area contributed by atoms with Gasteiger partial charge in [0.2, 0.25) is 0 Å². The van der Waals surface area contributed by atoms with Crippen molar-refractivity contribution in [1.29, 1.82) is 0 Å². The van der Waals surface area contributed by atoms with Crippen molar-refractivity contribution in [3.05, 3.63) is 60.2 Å². The Hall–Kier alpha value is -2.29. The zero-order valence-corrected chi connectivity index (χ0v) is 14.1. The standard InChI is InChI=1S/C21H24O3/c1-16-7-9-18(10-8-16)21(22)24-20-13-11-19(12-14-20)23-15-17-5-3-2-4-6-17/h2-6,11-14,16,18H,7-10,15H2,1H3. The van der Waals surface area contributed by atoms with Crippen LogP contribution in [0.1, 0.15) is 38.2 Å². The Morgan fingerprint density at radius 1 is 0.917 bits per heavy atom. The third-order valence-corrected chi connectivity index (χ3v) is 4.64. The Kier molecular flexibility index (Phi) is 5.52. The molecule has 0 atom stereocenters. The summed E-state index contributed by atoms with van der Waals surface area (Å²) in [7, 11) is 0. The van der Waals surface area contributed by atoms with Crippen molar-refractivity contribution in [1.82, 2.24) is 0 Å². The van der Waals surface area contributed by atoms with E-state index < -0.39 is 0 Å². The first-order valence-corrected chi connectivity index (χ1v) is 8.69. The molecule has 24 heavy (non-hydrogen) atoms. The molecule has 0 N–H and O–H groups in total. The average molecular weight is 324 g/mol. The first-order chi connectivity index (χ1) is 11.7. The lowest BCUT2D eigenvalue weighted by molar-refractivity contribution is -0.140. The molecule has 0 aliphatic heterocycles. The monoisotopic (exact) mass is 324 g/mol. The Balaban J connectivity index is 1.50. The molecule has 0 heterocycles. The van der Waals surface area contributed by atoms with E-state index in [1.807, 2.05) is 42.5 Å². The minimum absolute atomic E-state index is 0.0511. The minimum atomic E-state index is -0.0974. The van der Waals surface area contributed by atoms with Crippen LogP contribution in [0.25, 0.3) is 0 Å². The molecule has 3 heteroatoms. The fourth-order valence-electron chi connectivity index (χ4n) is 3.04. The lowest BCUT2D eigenvalue weighted by Gasteiger charge is -2.24. The zero-order chi connectivity index (χ0) is 16.8. The van der Waals surface area contributed by atoms with Gasteiger partial charge in [0.1, 0.15) is 18.1 Å². The number of hydrogen-bond acceptors (Lipinski definition) is 3. The number of rotatable bonds is 5. The first-order valence-electron chi connectivity index (χ1n) is 8.69. The maximum atomic E-state index is 12.2. The van der Waals surface area contributed by atoms with Crippen LogP contribution >= 0.6 is 0 Å². The van der Waals surface area contributed by atoms with Gasteiger partial charge in [0.25, 0.3) is 0 Å². The van der Waals surface area contributed by atoms with Gasteiger partial charge in [0.05, 0.1) is 5.92 Å². The molecule has 0 bridgehead atoms. The number of hydrogen-bond donors (Lipinski definition) is 0. The maximum Gasteiger partial charge on any atom is 0.314 e. The summed E-state index contributed by atoms with van der Waals surface area (Å²) in [5.41, 5.74) is 1.12. The van der Waals surface area contributed by atoms with E-state index in [0.29, 0.717) is 12.4 Å². The highest BCUT2D eigenvalue weighted by molar-refractivity contribution is 5.75. The molecule has 0 spiro atoms. The molecule has 1 saturated carbocycles. The molecule has 0 aromatic heterocycles. The van der Waals surface area contributed by atoms with Gasteiger partial charge in [-0.3, -0.25) is 4.79 Å². The third kappa shape index (κ3) is 4.60. The first kappa shape index (κ1) is 16.6. The maximum absolute atomic E-state index is 12.2. The summed E-state index contributed by atoms with van der Waals surface area (Å²) >= 11 is 0. The van der Waals surface area contributed by atoms with Crippen molar-refractivity contribution < 1.29 is 14.3 Å². The molecule has 0 saturated heterocycles. The summed E-state index contributed by atoms with van der Waals surface area (Å²) in [4.78, 5) is 12.2. The molecular formula is C21H24O3. The molecule has 3 rings (SSSR count). The second kappa shape index (κ2) is 8.00. The summed E-state index contributed by atoms with van der Waals surface area (Å²) in [5.74, 6) is 2.04. The zero-order valence-electron chi connectivity index (χ0n) is 14.1. The molecule has 2 aromatic rings. The fraction of sp³-hybridized carbons (Fsp3) is 0.381. The fourth-order valence-corrected chi connectivity index (χ4v) is 3.04. The van der Waals surface area contributed by atoms with Crippen molar-refractivity contribution in [2.24, 2.45) is 11.8 Å². The van der Waals surface area contributed by atoms with Crippen LogP contribution in [0, 0.1) is 11.8 Å². The summed E-state index contributed by atoms with van der Waals surface area (Å²) in [6.07, 6.45) is 4.12. The Labute approximate surface area is 143 Å². The summed E-state index contributed by atoms with van der Waals surface area (Å²) in [6.45, 7) is 2.77. The van der Waals surface area contributed by atoms with E-state index in [4.69, 9.17) is 9.47 Å². The quantitative estimate of drug-likeness (QED) is 0.573. The van der Waals surface area contributed by atoms with Gasteiger partial charge in [-0.25, -0.2) is 0 Å². The molecule has 1 aliphatic carbocycles. The second-order valence-corrected chi connectivity index (χ2v) is 6.62. The number of carbonyl (C=O) groups is 1. The molecule has 1 fully saturated rings. The van der Waals surface area contributed by atoms with Crippen LogP contribution in [0.2, 0.25) is 0 Å². The second-order valence-electron chi connectivity index (χ2n) is 6.62. The van der Waals surface area contributed by atoms with Gasteiger partial charge < -0.3 is 9.47 Å². The highest BCUT2D eigenvalue weighted by atomic mass is 16.5. The summed E-state index contributed by atoms with van der Waals surface area (Å²) in [6, 6.07) is 17.3. The topological polar surface area (TPSA) is 35.5 Å². The van der Waals surface area contributed by atoms with Crippen molar-refractivity contribution in [2.75, 3.05) is 0 Å². The van der Waals surface area contributed by atoms with E-state index in [1.165, 1.54) is 0 Å². The lowest BCUT2D eigenvalue weighted by Crippen LogP contribution is -2.24. The van der Waals surface area contributed by atoms with Gasteiger partial charge in [0, 0.05) is 0 Å². The predicted octanol–water partition coefficient (Wildman–Crippen LogP) is 5.00. The van der Waals surface area contributed by atoms with Gasteiger partial charge in [0.15, 0.2) is 0 Å². The van der Waals surface area contributed by atoms with Gasteiger partial charge in [-0.05, 0) is 61.4 Å². The van der Waals surface area contributed by atoms with Crippen LogP contribution < -0.4 is 9.47 Å². The average Bonchev–Trinajstić information content (AvgIpc) is 2.62. The van der Waals surface area contributed by atoms with Crippen molar-refractivity contribution >= 4 is 5.97 Å². The highest BCUT2D eigenvalue weighted by Gasteiger charge is 2.25. The van der Waals surface area contributed by atoms with Crippen LogP contribution in [0.15, 0.2) is 54.6 Å². The Bertz CT molecular complexity index is 641. The van der Waals surface area contributed by atoms with Crippen LogP contribution in [0.5, 0.6) is 11.5 Å². The highest BCUT2D eigenvalue weighted by Crippen LogP contribution is 2.29. The van der Waals surface area contributed by atoms with Gasteiger partial charge >= 0.3 is 5.97 Å². The minimum Gasteiger partial charge on any atom is -0.489 e. The molecule has 126 valence electrons.